The number of carbonyl (C=O) groups excluding carboxylic acids is 3. The van der Waals surface area contributed by atoms with Crippen molar-refractivity contribution in [1.82, 2.24) is 0 Å². The third-order valence-electron chi connectivity index (χ3n) is 6.25. The molecule has 0 spiro atoms. The Labute approximate surface area is 195 Å². The molecule has 1 rings (SSSR count). The zero-order valence-corrected chi connectivity index (χ0v) is 19.8. The molecule has 0 heterocycles. The van der Waals surface area contributed by atoms with Crippen molar-refractivity contribution in [2.75, 3.05) is 0 Å². The van der Waals surface area contributed by atoms with Crippen LogP contribution in [0.5, 0.6) is 0 Å². The van der Waals surface area contributed by atoms with Crippen molar-refractivity contribution in [3.8, 4) is 0 Å². The lowest BCUT2D eigenvalue weighted by atomic mass is 9.84. The zero-order valence-electron chi connectivity index (χ0n) is 19.8. The van der Waals surface area contributed by atoms with Gasteiger partial charge in [-0.05, 0) is 57.8 Å². The first-order chi connectivity index (χ1) is 14.7. The van der Waals surface area contributed by atoms with E-state index in [0.29, 0.717) is 38.5 Å². The number of esters is 1. The number of unbranched alkanes of at least 4 members (excludes halogenated alkanes) is 5. The lowest BCUT2D eigenvalue weighted by molar-refractivity contribution is -0.147. The average molecular weight is 457 g/mol. The highest BCUT2D eigenvalue weighted by Gasteiger charge is 2.42. The van der Waals surface area contributed by atoms with Crippen LogP contribution in [0.1, 0.15) is 118 Å². The summed E-state index contributed by atoms with van der Waals surface area (Å²) in [4.78, 5) is 36.0. The van der Waals surface area contributed by atoms with E-state index in [9.17, 15) is 24.6 Å². The minimum absolute atomic E-state index is 0. The van der Waals surface area contributed by atoms with Gasteiger partial charge < -0.3 is 14.9 Å². The van der Waals surface area contributed by atoms with Gasteiger partial charge in [-0.2, -0.15) is 0 Å². The van der Waals surface area contributed by atoms with Crippen LogP contribution in [0, 0.1) is 11.8 Å². The minimum Gasteiger partial charge on any atom is -0.463 e. The smallest absolute Gasteiger partial charge is 0.306 e. The zero-order chi connectivity index (χ0) is 23.2. The van der Waals surface area contributed by atoms with Gasteiger partial charge in [-0.1, -0.05) is 40.0 Å². The van der Waals surface area contributed by atoms with E-state index in [4.69, 9.17) is 4.74 Å². The number of hydrogen-bond donors (Lipinski definition) is 2. The SMILES string of the molecule is C.CCCCCC(=O)CC[C@@H]1[C@@H](CC(=O)CCCCCCC(=O)OC(C)C)[C@@H](O)C[C@H]1O. The lowest BCUT2D eigenvalue weighted by Crippen LogP contribution is -2.25. The van der Waals surface area contributed by atoms with Gasteiger partial charge in [0.1, 0.15) is 11.6 Å². The second-order valence-corrected chi connectivity index (χ2v) is 9.43. The summed E-state index contributed by atoms with van der Waals surface area (Å²) < 4.78 is 5.10. The van der Waals surface area contributed by atoms with Crippen LogP contribution in [0.2, 0.25) is 0 Å². The second kappa shape index (κ2) is 17.2. The number of aliphatic hydroxyl groups is 2. The number of ketones is 2. The van der Waals surface area contributed by atoms with Crippen LogP contribution in [-0.2, 0) is 19.1 Å². The molecule has 1 fully saturated rings. The molecule has 1 aliphatic carbocycles. The molecular weight excluding hydrogens is 408 g/mol. The fourth-order valence-corrected chi connectivity index (χ4v) is 4.52. The maximum Gasteiger partial charge on any atom is 0.306 e. The molecule has 0 saturated heterocycles. The van der Waals surface area contributed by atoms with Crippen LogP contribution in [-0.4, -0.2) is 46.1 Å². The van der Waals surface area contributed by atoms with Gasteiger partial charge in [-0.3, -0.25) is 14.4 Å². The number of hydrogen-bond acceptors (Lipinski definition) is 6. The largest absolute Gasteiger partial charge is 0.463 e. The van der Waals surface area contributed by atoms with Crippen molar-refractivity contribution in [2.24, 2.45) is 11.8 Å². The van der Waals surface area contributed by atoms with E-state index in [1.807, 2.05) is 13.8 Å². The van der Waals surface area contributed by atoms with Crippen molar-refractivity contribution in [3.05, 3.63) is 0 Å². The summed E-state index contributed by atoms with van der Waals surface area (Å²) in [7, 11) is 0. The molecule has 6 nitrogen and oxygen atoms in total. The fourth-order valence-electron chi connectivity index (χ4n) is 4.52. The molecule has 2 N–H and O–H groups in total. The van der Waals surface area contributed by atoms with Gasteiger partial charge in [-0.25, -0.2) is 0 Å². The van der Waals surface area contributed by atoms with Gasteiger partial charge in [0.05, 0.1) is 18.3 Å². The van der Waals surface area contributed by atoms with Gasteiger partial charge in [0.15, 0.2) is 0 Å². The summed E-state index contributed by atoms with van der Waals surface area (Å²) in [5.74, 6) is -0.284. The monoisotopic (exact) mass is 456 g/mol. The summed E-state index contributed by atoms with van der Waals surface area (Å²) in [6.45, 7) is 5.77. The number of rotatable bonds is 17. The predicted octanol–water partition coefficient (Wildman–Crippen LogP) is 5.16. The molecule has 188 valence electrons. The first-order valence-electron chi connectivity index (χ1n) is 12.3. The molecule has 0 aromatic heterocycles. The van der Waals surface area contributed by atoms with Crippen molar-refractivity contribution in [3.63, 3.8) is 0 Å². The highest BCUT2D eigenvalue weighted by Crippen LogP contribution is 2.38. The van der Waals surface area contributed by atoms with E-state index in [2.05, 4.69) is 6.92 Å². The molecule has 6 heteroatoms. The highest BCUT2D eigenvalue weighted by atomic mass is 16.5. The van der Waals surface area contributed by atoms with Gasteiger partial charge in [0.25, 0.3) is 0 Å². The molecule has 4 atom stereocenters. The number of carbonyl (C=O) groups is 3. The van der Waals surface area contributed by atoms with E-state index in [0.717, 1.165) is 44.9 Å². The average Bonchev–Trinajstić information content (AvgIpc) is 2.95. The van der Waals surface area contributed by atoms with Crippen molar-refractivity contribution in [2.45, 2.75) is 136 Å². The summed E-state index contributed by atoms with van der Waals surface area (Å²) >= 11 is 0. The standard InChI is InChI=1S/C25H44O6.CH4/c1-4-5-8-11-19(26)14-15-21-22(24(29)17-23(21)28)16-20(27)12-9-6-7-10-13-25(30)31-18(2)3;/h18,21-24,28-29H,4-17H2,1-3H3;1H4/t21-,22-,23-,24+;/m1./s1. The molecule has 0 aliphatic heterocycles. The molecule has 1 saturated carbocycles. The first-order valence-corrected chi connectivity index (χ1v) is 12.3. The van der Waals surface area contributed by atoms with Crippen molar-refractivity contribution < 1.29 is 29.3 Å². The Morgan fingerprint density at radius 2 is 1.38 bits per heavy atom. The molecule has 0 aromatic rings. The van der Waals surface area contributed by atoms with Gasteiger partial charge in [0.2, 0.25) is 0 Å². The van der Waals surface area contributed by atoms with Crippen molar-refractivity contribution in [1.29, 1.82) is 0 Å². The Hall–Kier alpha value is -1.27. The summed E-state index contributed by atoms with van der Waals surface area (Å²) in [6.07, 6.45) is 7.92. The van der Waals surface area contributed by atoms with E-state index in [1.165, 1.54) is 0 Å². The lowest BCUT2D eigenvalue weighted by Gasteiger charge is -2.23. The summed E-state index contributed by atoms with van der Waals surface area (Å²) in [6, 6.07) is 0. The third kappa shape index (κ3) is 12.7. The maximum absolute atomic E-state index is 12.4. The van der Waals surface area contributed by atoms with Crippen molar-refractivity contribution >= 4 is 17.5 Å². The molecule has 0 aromatic carbocycles. The summed E-state index contributed by atoms with van der Waals surface area (Å²) in [5.41, 5.74) is 0. The number of aliphatic hydroxyl groups excluding tert-OH is 2. The van der Waals surface area contributed by atoms with E-state index < -0.39 is 12.2 Å². The fraction of sp³-hybridized carbons (Fsp3) is 0.885. The normalized spacial score (nSPS) is 22.6. The topological polar surface area (TPSA) is 101 Å². The van der Waals surface area contributed by atoms with Crippen LogP contribution >= 0.6 is 0 Å². The summed E-state index contributed by atoms with van der Waals surface area (Å²) in [5, 5.41) is 20.7. The van der Waals surface area contributed by atoms with Crippen LogP contribution in [0.15, 0.2) is 0 Å². The van der Waals surface area contributed by atoms with Crippen LogP contribution in [0.3, 0.4) is 0 Å². The van der Waals surface area contributed by atoms with E-state index >= 15 is 0 Å². The molecule has 32 heavy (non-hydrogen) atoms. The third-order valence-corrected chi connectivity index (χ3v) is 6.25. The van der Waals surface area contributed by atoms with Crippen LogP contribution < -0.4 is 0 Å². The van der Waals surface area contributed by atoms with Gasteiger partial charge in [0, 0.05) is 32.1 Å². The Bertz CT molecular complexity index is 544. The molecule has 0 unspecified atom stereocenters. The Morgan fingerprint density at radius 3 is 2.00 bits per heavy atom. The number of ether oxygens (including phenoxy) is 1. The highest BCUT2D eigenvalue weighted by molar-refractivity contribution is 5.79. The quantitative estimate of drug-likeness (QED) is 0.231. The first kappa shape index (κ1) is 30.7. The van der Waals surface area contributed by atoms with E-state index in [-0.39, 0.29) is 49.3 Å². The molecule has 0 amide bonds. The maximum atomic E-state index is 12.4. The second-order valence-electron chi connectivity index (χ2n) is 9.43. The predicted molar refractivity (Wildman–Crippen MR) is 127 cm³/mol. The van der Waals surface area contributed by atoms with E-state index in [1.54, 1.807) is 0 Å². The van der Waals surface area contributed by atoms with Gasteiger partial charge >= 0.3 is 5.97 Å². The number of Topliss-reactive ketones (excluding diaryl/α,β-unsaturated/α-hetero) is 2. The molecule has 0 bridgehead atoms. The Balaban J connectivity index is 0.00000961. The molecule has 0 radical (unpaired) electrons. The minimum atomic E-state index is -0.675. The molecule has 1 aliphatic rings. The van der Waals surface area contributed by atoms with Crippen LogP contribution in [0.25, 0.3) is 0 Å². The van der Waals surface area contributed by atoms with Crippen LogP contribution in [0.4, 0.5) is 0 Å². The van der Waals surface area contributed by atoms with Gasteiger partial charge in [-0.15, -0.1) is 0 Å². The Morgan fingerprint density at radius 1 is 0.812 bits per heavy atom. The Kier molecular flexibility index (Phi) is 16.6. The molecular formula is C26H48O6.